The number of nitrogens with one attached hydrogen (secondary N) is 4. The minimum Gasteiger partial charge on any atom is -0.480 e. The maximum absolute atomic E-state index is 12.3. The molecule has 0 radical (unpaired) electrons. The fourth-order valence-electron chi connectivity index (χ4n) is 3.05. The molecule has 0 fully saturated rings. The summed E-state index contributed by atoms with van der Waals surface area (Å²) in [7, 11) is 0. The molecule has 3 rings (SSSR count). The van der Waals surface area contributed by atoms with Crippen molar-refractivity contribution >= 4 is 34.8 Å². The molecule has 3 aromatic rings. The first-order valence-electron chi connectivity index (χ1n) is 9.87. The van der Waals surface area contributed by atoms with Crippen LogP contribution in [-0.4, -0.2) is 44.7 Å². The van der Waals surface area contributed by atoms with Gasteiger partial charge in [-0.2, -0.15) is 5.10 Å². The van der Waals surface area contributed by atoms with Gasteiger partial charge in [0.1, 0.15) is 23.6 Å². The van der Waals surface area contributed by atoms with Gasteiger partial charge in [-0.15, -0.1) is 0 Å². The largest absolute Gasteiger partial charge is 0.480 e. The first-order valence-corrected chi connectivity index (χ1v) is 9.87. The lowest BCUT2D eigenvalue weighted by atomic mass is 10.0. The van der Waals surface area contributed by atoms with Crippen LogP contribution in [0.2, 0.25) is 0 Å². The summed E-state index contributed by atoms with van der Waals surface area (Å²) in [6, 6.07) is 4.70. The molecule has 1 atom stereocenters. The van der Waals surface area contributed by atoms with Gasteiger partial charge in [-0.1, -0.05) is 19.1 Å². The number of hydrogen-bond donors (Lipinski definition) is 5. The van der Waals surface area contributed by atoms with Gasteiger partial charge in [0.15, 0.2) is 0 Å². The van der Waals surface area contributed by atoms with Crippen LogP contribution in [0.1, 0.15) is 29.3 Å². The van der Waals surface area contributed by atoms with Crippen LogP contribution in [0, 0.1) is 10.1 Å². The van der Waals surface area contributed by atoms with Gasteiger partial charge in [0, 0.05) is 18.5 Å². The van der Waals surface area contributed by atoms with Crippen molar-refractivity contribution in [2.24, 2.45) is 0 Å². The summed E-state index contributed by atoms with van der Waals surface area (Å²) in [4.78, 5) is 57.8. The molecule has 172 valence electrons. The Hall–Kier alpha value is -4.55. The van der Waals surface area contributed by atoms with Crippen molar-refractivity contribution in [2.75, 3.05) is 22.5 Å². The van der Waals surface area contributed by atoms with Crippen LogP contribution in [0.4, 0.5) is 22.9 Å². The lowest BCUT2D eigenvalue weighted by Crippen LogP contribution is -2.42. The maximum Gasteiger partial charge on any atom is 0.331 e. The molecular weight excluding hydrogens is 436 g/mol. The molecule has 0 aliphatic heterocycles. The summed E-state index contributed by atoms with van der Waals surface area (Å²) < 4.78 is 0. The van der Waals surface area contributed by atoms with E-state index in [-0.39, 0.29) is 34.9 Å². The van der Waals surface area contributed by atoms with Crippen molar-refractivity contribution < 1.29 is 19.6 Å². The number of nitro groups is 1. The van der Waals surface area contributed by atoms with Gasteiger partial charge in [-0.3, -0.25) is 29.6 Å². The molecule has 0 aliphatic rings. The molecule has 1 heterocycles. The number of anilines is 3. The van der Waals surface area contributed by atoms with Crippen LogP contribution in [0.25, 0.3) is 0 Å². The van der Waals surface area contributed by atoms with Crippen LogP contribution in [-0.2, 0) is 11.2 Å². The van der Waals surface area contributed by atoms with Gasteiger partial charge in [0.05, 0.1) is 4.92 Å². The number of aromatic nitrogens is 2. The molecule has 0 aliphatic carbocycles. The van der Waals surface area contributed by atoms with Gasteiger partial charge in [0.2, 0.25) is 5.82 Å². The van der Waals surface area contributed by atoms with Gasteiger partial charge in [-0.25, -0.2) is 4.79 Å². The summed E-state index contributed by atoms with van der Waals surface area (Å²) in [5.74, 6) is -2.01. The average Bonchev–Trinajstić information content (AvgIpc) is 3.26. The molecule has 1 amide bonds. The quantitative estimate of drug-likeness (QED) is 0.158. The molecule has 33 heavy (non-hydrogen) atoms. The standard InChI is InChI=1S/C20H20N6O7/c1-2-7-21-14-15(17(28)16(14)27)23-12(20(30)31)8-10-3-5-11(6-4-10)19(29)24-18-13(26(32)33)9-22-25-18/h3-6,9,12,21,23H,2,7-8H2,1H3,(H,30,31)(H2,22,24,25,29)/t12-/m0/s1. The highest BCUT2D eigenvalue weighted by Gasteiger charge is 2.26. The van der Waals surface area contributed by atoms with Crippen LogP contribution in [0.5, 0.6) is 0 Å². The van der Waals surface area contributed by atoms with Crippen molar-refractivity contribution in [3.8, 4) is 0 Å². The zero-order valence-electron chi connectivity index (χ0n) is 17.4. The summed E-state index contributed by atoms with van der Waals surface area (Å²) >= 11 is 0. The maximum atomic E-state index is 12.3. The Morgan fingerprint density at radius 1 is 1.18 bits per heavy atom. The molecule has 13 nitrogen and oxygen atoms in total. The smallest absolute Gasteiger partial charge is 0.331 e. The second kappa shape index (κ2) is 9.72. The molecule has 5 N–H and O–H groups in total. The Bertz CT molecular complexity index is 1260. The number of rotatable bonds is 11. The first-order chi connectivity index (χ1) is 15.7. The number of amides is 1. The summed E-state index contributed by atoms with van der Waals surface area (Å²) in [5.41, 5.74) is -1.12. The fourth-order valence-corrected chi connectivity index (χ4v) is 3.05. The molecule has 0 saturated heterocycles. The number of carbonyl (C=O) groups excluding carboxylic acids is 1. The third-order valence-electron chi connectivity index (χ3n) is 4.79. The van der Waals surface area contributed by atoms with E-state index >= 15 is 0 Å². The highest BCUT2D eigenvalue weighted by atomic mass is 16.6. The predicted octanol–water partition coefficient (Wildman–Crippen LogP) is 1.10. The van der Waals surface area contributed by atoms with E-state index in [9.17, 15) is 34.4 Å². The van der Waals surface area contributed by atoms with Crippen molar-refractivity contribution in [3.05, 3.63) is 72.2 Å². The van der Waals surface area contributed by atoms with Crippen molar-refractivity contribution in [1.82, 2.24) is 10.2 Å². The minimum atomic E-state index is -1.22. The SMILES string of the molecule is CCCNc1c(N[C@@H](Cc2ccc(C(=O)Nc3[nH]ncc3[N+](=O)[O-])cc2)C(=O)O)c(=O)c1=O. The summed E-state index contributed by atoms with van der Waals surface area (Å²) in [6.45, 7) is 2.34. The lowest BCUT2D eigenvalue weighted by Gasteiger charge is -2.19. The molecule has 2 aromatic carbocycles. The first kappa shape index (κ1) is 23.1. The topological polar surface area (TPSA) is 196 Å². The molecule has 0 saturated carbocycles. The van der Waals surface area contributed by atoms with E-state index in [0.717, 1.165) is 6.20 Å². The molecular formula is C20H20N6O7. The molecule has 1 aromatic heterocycles. The Labute approximate surface area is 185 Å². The van der Waals surface area contributed by atoms with E-state index in [0.29, 0.717) is 18.5 Å². The Kier molecular flexibility index (Phi) is 6.81. The molecule has 0 unspecified atom stereocenters. The zero-order valence-corrected chi connectivity index (χ0v) is 17.4. The normalized spacial score (nSPS) is 11.7. The van der Waals surface area contributed by atoms with E-state index in [1.165, 1.54) is 24.3 Å². The van der Waals surface area contributed by atoms with Gasteiger partial charge >= 0.3 is 11.7 Å². The number of carbonyl (C=O) groups is 2. The number of aromatic amines is 1. The molecule has 13 heteroatoms. The number of hydrogen-bond acceptors (Lipinski definition) is 9. The minimum absolute atomic E-state index is 0.0325. The van der Waals surface area contributed by atoms with Crippen LogP contribution < -0.4 is 26.8 Å². The van der Waals surface area contributed by atoms with Crippen molar-refractivity contribution in [2.45, 2.75) is 25.8 Å². The number of carboxylic acids is 1. The van der Waals surface area contributed by atoms with Crippen LogP contribution in [0.3, 0.4) is 0 Å². The molecule has 0 bridgehead atoms. The number of aliphatic carboxylic acids is 1. The van der Waals surface area contributed by atoms with E-state index in [1.807, 2.05) is 6.92 Å². The Balaban J connectivity index is 1.69. The predicted molar refractivity (Wildman–Crippen MR) is 119 cm³/mol. The van der Waals surface area contributed by atoms with Gasteiger partial charge in [0.25, 0.3) is 16.8 Å². The number of nitrogens with zero attached hydrogens (tertiary/aromatic N) is 2. The zero-order chi connectivity index (χ0) is 24.1. The van der Waals surface area contributed by atoms with Crippen LogP contribution >= 0.6 is 0 Å². The van der Waals surface area contributed by atoms with Crippen molar-refractivity contribution in [1.29, 1.82) is 0 Å². The third kappa shape index (κ3) is 5.03. The average molecular weight is 456 g/mol. The summed E-state index contributed by atoms with van der Waals surface area (Å²) in [6.07, 6.45) is 1.65. The van der Waals surface area contributed by atoms with E-state index in [4.69, 9.17) is 0 Å². The lowest BCUT2D eigenvalue weighted by molar-refractivity contribution is -0.383. The van der Waals surface area contributed by atoms with Crippen LogP contribution in [0.15, 0.2) is 40.1 Å². The molecule has 0 spiro atoms. The number of H-pyrrole nitrogens is 1. The Morgan fingerprint density at radius 3 is 2.45 bits per heavy atom. The van der Waals surface area contributed by atoms with Crippen molar-refractivity contribution in [3.63, 3.8) is 0 Å². The fraction of sp³-hybridized carbons (Fsp3) is 0.250. The highest BCUT2D eigenvalue weighted by molar-refractivity contribution is 6.04. The monoisotopic (exact) mass is 456 g/mol. The number of benzene rings is 1. The van der Waals surface area contributed by atoms with E-state index < -0.39 is 33.7 Å². The second-order valence-electron chi connectivity index (χ2n) is 7.11. The number of carboxylic acid groups (broad SMARTS) is 1. The third-order valence-corrected chi connectivity index (χ3v) is 4.79. The van der Waals surface area contributed by atoms with Gasteiger partial charge < -0.3 is 21.1 Å². The van der Waals surface area contributed by atoms with E-state index in [1.54, 1.807) is 0 Å². The highest BCUT2D eigenvalue weighted by Crippen LogP contribution is 2.21. The van der Waals surface area contributed by atoms with E-state index in [2.05, 4.69) is 26.1 Å². The Morgan fingerprint density at radius 2 is 1.85 bits per heavy atom. The second-order valence-corrected chi connectivity index (χ2v) is 7.11. The van der Waals surface area contributed by atoms with Gasteiger partial charge in [-0.05, 0) is 24.1 Å². The summed E-state index contributed by atoms with van der Waals surface area (Å²) in [5, 5.41) is 34.1.